The molecule has 1 aromatic rings. The van der Waals surface area contributed by atoms with E-state index in [1.165, 1.54) is 32.1 Å². The van der Waals surface area contributed by atoms with Crippen LogP contribution >= 0.6 is 0 Å². The average Bonchev–Trinajstić information content (AvgIpc) is 2.75. The molecule has 1 N–H and O–H groups in total. The van der Waals surface area contributed by atoms with Crippen molar-refractivity contribution in [3.05, 3.63) is 18.5 Å². The molecule has 1 fully saturated rings. The van der Waals surface area contributed by atoms with Crippen LogP contribution < -0.4 is 0 Å². The lowest BCUT2D eigenvalue weighted by molar-refractivity contribution is 0.308. The Labute approximate surface area is 85.8 Å². The first-order valence-electron chi connectivity index (χ1n) is 5.37. The lowest BCUT2D eigenvalue weighted by Crippen LogP contribution is -2.14. The molecule has 0 aromatic carbocycles. The summed E-state index contributed by atoms with van der Waals surface area (Å²) in [5.74, 6) is 0.888. The Morgan fingerprint density at radius 3 is 2.57 bits per heavy atom. The molecule has 1 aromatic heterocycles. The molecule has 0 amide bonds. The molecular formula is C11H20N2O. The zero-order valence-corrected chi connectivity index (χ0v) is 8.89. The fourth-order valence-corrected chi connectivity index (χ4v) is 2.04. The summed E-state index contributed by atoms with van der Waals surface area (Å²) in [5.41, 5.74) is 0. The minimum atomic E-state index is 0.888. The molecule has 1 aliphatic carbocycles. The molecule has 80 valence electrons. The van der Waals surface area contributed by atoms with Crippen molar-refractivity contribution in [3.8, 4) is 0 Å². The van der Waals surface area contributed by atoms with E-state index >= 15 is 0 Å². The molecule has 1 saturated carbocycles. The Bertz CT molecular complexity index is 215. The molecule has 0 unspecified atom stereocenters. The third-order valence-corrected chi connectivity index (χ3v) is 2.73. The van der Waals surface area contributed by atoms with Gasteiger partial charge in [-0.25, -0.2) is 0 Å². The summed E-state index contributed by atoms with van der Waals surface area (Å²) in [4.78, 5) is 0. The van der Waals surface area contributed by atoms with Crippen molar-refractivity contribution in [2.75, 3.05) is 7.11 Å². The van der Waals surface area contributed by atoms with Crippen LogP contribution in [0.5, 0.6) is 0 Å². The summed E-state index contributed by atoms with van der Waals surface area (Å²) >= 11 is 0. The summed E-state index contributed by atoms with van der Waals surface area (Å²) < 4.78 is 2.07. The fraction of sp³-hybridized carbons (Fsp3) is 0.727. The second-order valence-corrected chi connectivity index (χ2v) is 3.73. The van der Waals surface area contributed by atoms with Gasteiger partial charge < -0.3 is 5.11 Å². The molecule has 3 nitrogen and oxygen atoms in total. The second kappa shape index (κ2) is 6.60. The maximum Gasteiger partial charge on any atom is 0.0489 e. The van der Waals surface area contributed by atoms with Crippen LogP contribution in [-0.4, -0.2) is 22.0 Å². The van der Waals surface area contributed by atoms with Crippen LogP contribution in [0.1, 0.15) is 32.1 Å². The van der Waals surface area contributed by atoms with Crippen LogP contribution in [0.15, 0.2) is 18.5 Å². The van der Waals surface area contributed by atoms with E-state index in [9.17, 15) is 0 Å². The van der Waals surface area contributed by atoms with Crippen molar-refractivity contribution in [1.82, 2.24) is 9.78 Å². The van der Waals surface area contributed by atoms with Gasteiger partial charge in [0, 0.05) is 26.0 Å². The van der Waals surface area contributed by atoms with E-state index in [1.54, 1.807) is 0 Å². The Morgan fingerprint density at radius 2 is 2.00 bits per heavy atom. The number of nitrogens with zero attached hydrogens (tertiary/aromatic N) is 2. The maximum atomic E-state index is 7.00. The van der Waals surface area contributed by atoms with E-state index in [-0.39, 0.29) is 0 Å². The summed E-state index contributed by atoms with van der Waals surface area (Å²) in [6, 6.07) is 2.00. The van der Waals surface area contributed by atoms with Gasteiger partial charge in [0.25, 0.3) is 0 Å². The van der Waals surface area contributed by atoms with Crippen LogP contribution in [0.4, 0.5) is 0 Å². The van der Waals surface area contributed by atoms with Crippen molar-refractivity contribution >= 4 is 0 Å². The van der Waals surface area contributed by atoms with Gasteiger partial charge in [0.2, 0.25) is 0 Å². The van der Waals surface area contributed by atoms with Gasteiger partial charge in [-0.05, 0) is 24.8 Å². The van der Waals surface area contributed by atoms with Crippen LogP contribution in [0.25, 0.3) is 0 Å². The third kappa shape index (κ3) is 3.50. The third-order valence-electron chi connectivity index (χ3n) is 2.73. The van der Waals surface area contributed by atoms with E-state index in [4.69, 9.17) is 5.11 Å². The molecule has 0 spiro atoms. The lowest BCUT2D eigenvalue weighted by atomic mass is 9.89. The predicted molar refractivity (Wildman–Crippen MR) is 56.9 cm³/mol. The van der Waals surface area contributed by atoms with Crippen molar-refractivity contribution in [2.24, 2.45) is 5.92 Å². The van der Waals surface area contributed by atoms with Gasteiger partial charge in [0.15, 0.2) is 0 Å². The highest BCUT2D eigenvalue weighted by Gasteiger charge is 2.13. The molecular weight excluding hydrogens is 176 g/mol. The molecule has 0 bridgehead atoms. The van der Waals surface area contributed by atoms with Crippen molar-refractivity contribution in [3.63, 3.8) is 0 Å². The van der Waals surface area contributed by atoms with Crippen LogP contribution in [0, 0.1) is 5.92 Å². The molecule has 14 heavy (non-hydrogen) atoms. The van der Waals surface area contributed by atoms with Crippen molar-refractivity contribution < 1.29 is 5.11 Å². The second-order valence-electron chi connectivity index (χ2n) is 3.73. The zero-order chi connectivity index (χ0) is 10.2. The molecule has 2 rings (SSSR count). The van der Waals surface area contributed by atoms with Gasteiger partial charge in [-0.2, -0.15) is 5.10 Å². The van der Waals surface area contributed by atoms with Gasteiger partial charge in [-0.1, -0.05) is 19.3 Å². The lowest BCUT2D eigenvalue weighted by Gasteiger charge is -2.21. The highest BCUT2D eigenvalue weighted by Crippen LogP contribution is 2.24. The Hall–Kier alpha value is -0.830. The Balaban J connectivity index is 0.000000461. The van der Waals surface area contributed by atoms with Gasteiger partial charge in [0.05, 0.1) is 0 Å². The number of aliphatic hydroxyl groups excluding tert-OH is 1. The number of hydrogen-bond acceptors (Lipinski definition) is 2. The molecule has 0 radical (unpaired) electrons. The highest BCUT2D eigenvalue weighted by atomic mass is 16.2. The highest BCUT2D eigenvalue weighted by molar-refractivity contribution is 4.79. The van der Waals surface area contributed by atoms with Gasteiger partial charge >= 0.3 is 0 Å². The van der Waals surface area contributed by atoms with E-state index in [2.05, 4.69) is 16.0 Å². The Morgan fingerprint density at radius 1 is 1.29 bits per heavy atom. The SMILES string of the molecule is CO.c1cnn(CC2CCCCC2)c1. The van der Waals surface area contributed by atoms with Crippen LogP contribution in [-0.2, 0) is 6.54 Å². The summed E-state index contributed by atoms with van der Waals surface area (Å²) in [6.07, 6.45) is 11.0. The standard InChI is InChI=1S/C10H16N2.CH4O/c1-2-5-10(6-3-1)9-12-8-4-7-11-12;1-2/h4,7-8,10H,1-3,5-6,9H2;2H,1H3. The topological polar surface area (TPSA) is 38.1 Å². The molecule has 3 heteroatoms. The quantitative estimate of drug-likeness (QED) is 0.786. The molecule has 0 aliphatic heterocycles. The summed E-state index contributed by atoms with van der Waals surface area (Å²) in [6.45, 7) is 1.13. The van der Waals surface area contributed by atoms with E-state index in [0.29, 0.717) is 0 Å². The first-order valence-corrected chi connectivity index (χ1v) is 5.37. The van der Waals surface area contributed by atoms with Crippen molar-refractivity contribution in [1.29, 1.82) is 0 Å². The van der Waals surface area contributed by atoms with Gasteiger partial charge in [-0.3, -0.25) is 4.68 Å². The fourth-order valence-electron chi connectivity index (χ4n) is 2.04. The normalized spacial score (nSPS) is 17.3. The Kier molecular flexibility index (Phi) is 5.30. The number of aliphatic hydroxyl groups is 1. The van der Waals surface area contributed by atoms with Crippen LogP contribution in [0.3, 0.4) is 0 Å². The predicted octanol–water partition coefficient (Wildman–Crippen LogP) is 2.07. The number of rotatable bonds is 2. The first kappa shape index (κ1) is 11.2. The monoisotopic (exact) mass is 196 g/mol. The van der Waals surface area contributed by atoms with Crippen LogP contribution in [0.2, 0.25) is 0 Å². The van der Waals surface area contributed by atoms with E-state index in [1.807, 2.05) is 12.3 Å². The van der Waals surface area contributed by atoms with Gasteiger partial charge in [0.1, 0.15) is 0 Å². The van der Waals surface area contributed by atoms with E-state index < -0.39 is 0 Å². The molecule has 0 saturated heterocycles. The van der Waals surface area contributed by atoms with Gasteiger partial charge in [-0.15, -0.1) is 0 Å². The number of hydrogen-bond donors (Lipinski definition) is 1. The van der Waals surface area contributed by atoms with E-state index in [0.717, 1.165) is 19.6 Å². The summed E-state index contributed by atoms with van der Waals surface area (Å²) in [5, 5.41) is 11.2. The van der Waals surface area contributed by atoms with Crippen molar-refractivity contribution in [2.45, 2.75) is 38.6 Å². The smallest absolute Gasteiger partial charge is 0.0489 e. The number of aromatic nitrogens is 2. The molecule has 1 heterocycles. The minimum absolute atomic E-state index is 0.888. The summed E-state index contributed by atoms with van der Waals surface area (Å²) in [7, 11) is 1.00. The molecule has 1 aliphatic rings. The molecule has 0 atom stereocenters. The first-order chi connectivity index (χ1) is 6.95. The maximum absolute atomic E-state index is 7.00. The minimum Gasteiger partial charge on any atom is -0.400 e. The zero-order valence-electron chi connectivity index (χ0n) is 8.89. The largest absolute Gasteiger partial charge is 0.400 e. The average molecular weight is 196 g/mol.